The van der Waals surface area contributed by atoms with Crippen LogP contribution in [0.4, 0.5) is 0 Å². The van der Waals surface area contributed by atoms with Gasteiger partial charge in [0, 0.05) is 0 Å². The molecule has 1 N–H and O–H groups in total. The summed E-state index contributed by atoms with van der Waals surface area (Å²) in [6.07, 6.45) is 1.26. The fraction of sp³-hybridized carbons (Fsp3) is 0.286. The highest BCUT2D eigenvalue weighted by molar-refractivity contribution is 5.31. The van der Waals surface area contributed by atoms with E-state index in [0.717, 1.165) is 0 Å². The van der Waals surface area contributed by atoms with Gasteiger partial charge in [-0.3, -0.25) is 0 Å². The average molecular weight is 165 g/mol. The van der Waals surface area contributed by atoms with Gasteiger partial charge in [0.25, 0.3) is 0 Å². The van der Waals surface area contributed by atoms with Crippen LogP contribution in [0.3, 0.4) is 0 Å². The molecule has 5 nitrogen and oxygen atoms in total. The van der Waals surface area contributed by atoms with E-state index < -0.39 is 0 Å². The van der Waals surface area contributed by atoms with E-state index in [0.29, 0.717) is 6.61 Å². The average Bonchev–Trinajstić information content (AvgIpc) is 2.09. The van der Waals surface area contributed by atoms with E-state index in [2.05, 4.69) is 9.97 Å². The molecule has 0 unspecified atom stereocenters. The second kappa shape index (κ2) is 3.53. The van der Waals surface area contributed by atoms with E-state index in [1.165, 1.54) is 6.20 Å². The molecule has 1 aromatic rings. The Balaban J connectivity index is 2.99. The van der Waals surface area contributed by atoms with Gasteiger partial charge in [-0.1, -0.05) is 0 Å². The molecule has 0 spiro atoms. The number of ether oxygens (including phenoxy) is 1. The van der Waals surface area contributed by atoms with Crippen molar-refractivity contribution in [2.45, 2.75) is 6.92 Å². The first kappa shape index (κ1) is 8.27. The molecular formula is C7H7N3O2. The van der Waals surface area contributed by atoms with Crippen molar-refractivity contribution in [1.82, 2.24) is 9.97 Å². The van der Waals surface area contributed by atoms with Crippen LogP contribution in [0.5, 0.6) is 11.8 Å². The minimum Gasteiger partial charge on any atom is -0.491 e. The maximum absolute atomic E-state index is 8.95. The van der Waals surface area contributed by atoms with Crippen LogP contribution in [0, 0.1) is 11.3 Å². The van der Waals surface area contributed by atoms with Crippen molar-refractivity contribution in [3.05, 3.63) is 11.9 Å². The highest BCUT2D eigenvalue weighted by Gasteiger charge is 2.04. The maximum atomic E-state index is 8.95. The largest absolute Gasteiger partial charge is 0.491 e. The molecule has 62 valence electrons. The van der Waals surface area contributed by atoms with E-state index in [1.54, 1.807) is 13.0 Å². The molecule has 1 heterocycles. The summed E-state index contributed by atoms with van der Waals surface area (Å²) in [5.41, 5.74) is -0.124. The molecule has 0 bridgehead atoms. The molecule has 0 fully saturated rings. The third-order valence-corrected chi connectivity index (χ3v) is 1.13. The zero-order valence-electron chi connectivity index (χ0n) is 6.48. The predicted molar refractivity (Wildman–Crippen MR) is 39.6 cm³/mol. The second-order valence-electron chi connectivity index (χ2n) is 1.93. The van der Waals surface area contributed by atoms with Crippen molar-refractivity contribution in [2.24, 2.45) is 0 Å². The summed E-state index contributed by atoms with van der Waals surface area (Å²) in [6, 6.07) is 1.69. The van der Waals surface area contributed by atoms with Crippen molar-refractivity contribution in [3.63, 3.8) is 0 Å². The zero-order valence-corrected chi connectivity index (χ0v) is 6.48. The Hall–Kier alpha value is -1.83. The highest BCUT2D eigenvalue weighted by atomic mass is 16.5. The van der Waals surface area contributed by atoms with Gasteiger partial charge in [-0.2, -0.15) is 10.2 Å². The molecule has 1 aromatic heterocycles. The van der Waals surface area contributed by atoms with Crippen molar-refractivity contribution >= 4 is 0 Å². The predicted octanol–water partition coefficient (Wildman–Crippen LogP) is 0.453. The first-order chi connectivity index (χ1) is 5.77. The lowest BCUT2D eigenvalue weighted by Gasteiger charge is -2.00. The maximum Gasteiger partial charge on any atom is 0.248 e. The van der Waals surface area contributed by atoms with Gasteiger partial charge in [0.2, 0.25) is 17.5 Å². The van der Waals surface area contributed by atoms with Crippen LogP contribution in [-0.4, -0.2) is 21.7 Å². The van der Waals surface area contributed by atoms with Crippen LogP contribution < -0.4 is 4.74 Å². The number of aromatic nitrogens is 2. The number of nitrogens with zero attached hydrogens (tertiary/aromatic N) is 3. The topological polar surface area (TPSA) is 79.0 Å². The Morgan fingerprint density at radius 2 is 2.50 bits per heavy atom. The Kier molecular flexibility index (Phi) is 2.43. The molecule has 0 saturated carbocycles. The van der Waals surface area contributed by atoms with Crippen LogP contribution in [0.1, 0.15) is 12.6 Å². The number of rotatable bonds is 2. The van der Waals surface area contributed by atoms with E-state index in [4.69, 9.17) is 15.1 Å². The number of hydrogen-bond acceptors (Lipinski definition) is 5. The lowest BCUT2D eigenvalue weighted by molar-refractivity contribution is 0.322. The fourth-order valence-electron chi connectivity index (χ4n) is 0.659. The molecule has 0 aromatic carbocycles. The SMILES string of the molecule is CCOc1cnc(O)c(C#N)n1. The summed E-state index contributed by atoms with van der Waals surface area (Å²) in [4.78, 5) is 7.20. The van der Waals surface area contributed by atoms with Gasteiger partial charge in [0.05, 0.1) is 12.8 Å². The first-order valence-corrected chi connectivity index (χ1v) is 3.36. The summed E-state index contributed by atoms with van der Waals surface area (Å²) in [5, 5.41) is 17.4. The van der Waals surface area contributed by atoms with Crippen molar-refractivity contribution < 1.29 is 9.84 Å². The Morgan fingerprint density at radius 3 is 3.08 bits per heavy atom. The standard InChI is InChI=1S/C7H7N3O2/c1-2-12-6-4-9-7(11)5(3-8)10-6/h4H,2H2,1H3,(H,9,11). The van der Waals surface area contributed by atoms with Gasteiger partial charge in [-0.25, -0.2) is 4.98 Å². The van der Waals surface area contributed by atoms with Gasteiger partial charge in [0.15, 0.2) is 0 Å². The van der Waals surface area contributed by atoms with Crippen LogP contribution in [0.25, 0.3) is 0 Å². The van der Waals surface area contributed by atoms with Crippen molar-refractivity contribution in [2.75, 3.05) is 6.61 Å². The lowest BCUT2D eigenvalue weighted by Crippen LogP contribution is -1.97. The summed E-state index contributed by atoms with van der Waals surface area (Å²) >= 11 is 0. The number of nitriles is 1. The summed E-state index contributed by atoms with van der Waals surface area (Å²) in [7, 11) is 0. The molecule has 1 rings (SSSR count). The molecule has 0 aliphatic rings. The molecule has 5 heteroatoms. The minimum atomic E-state index is -0.374. The third-order valence-electron chi connectivity index (χ3n) is 1.13. The van der Waals surface area contributed by atoms with Gasteiger partial charge in [-0.05, 0) is 6.92 Å². The fourth-order valence-corrected chi connectivity index (χ4v) is 0.659. The van der Waals surface area contributed by atoms with E-state index in [9.17, 15) is 0 Å². The summed E-state index contributed by atoms with van der Waals surface area (Å²) in [5.74, 6) is -0.132. The van der Waals surface area contributed by atoms with Crippen LogP contribution in [-0.2, 0) is 0 Å². The molecule has 0 saturated heterocycles. The van der Waals surface area contributed by atoms with E-state index in [-0.39, 0.29) is 17.5 Å². The van der Waals surface area contributed by atoms with Crippen LogP contribution >= 0.6 is 0 Å². The monoisotopic (exact) mass is 165 g/mol. The third kappa shape index (κ3) is 1.61. The van der Waals surface area contributed by atoms with E-state index in [1.807, 2.05) is 0 Å². The highest BCUT2D eigenvalue weighted by Crippen LogP contribution is 2.13. The van der Waals surface area contributed by atoms with E-state index >= 15 is 0 Å². The first-order valence-electron chi connectivity index (χ1n) is 3.36. The molecule has 0 radical (unpaired) electrons. The molecule has 0 aliphatic carbocycles. The molecule has 12 heavy (non-hydrogen) atoms. The molecular weight excluding hydrogens is 158 g/mol. The normalized spacial score (nSPS) is 9.00. The lowest BCUT2D eigenvalue weighted by atomic mass is 10.5. The Bertz CT molecular complexity index is 319. The summed E-state index contributed by atoms with van der Waals surface area (Å²) < 4.78 is 4.97. The van der Waals surface area contributed by atoms with Crippen molar-refractivity contribution in [1.29, 1.82) is 5.26 Å². The molecule has 0 atom stereocenters. The Labute approximate surface area is 69.3 Å². The van der Waals surface area contributed by atoms with Gasteiger partial charge in [0.1, 0.15) is 6.07 Å². The van der Waals surface area contributed by atoms with Gasteiger partial charge in [-0.15, -0.1) is 0 Å². The Morgan fingerprint density at radius 1 is 1.75 bits per heavy atom. The van der Waals surface area contributed by atoms with Gasteiger partial charge < -0.3 is 9.84 Å². The summed E-state index contributed by atoms with van der Waals surface area (Å²) in [6.45, 7) is 2.24. The quantitative estimate of drug-likeness (QED) is 0.688. The number of hydrogen-bond donors (Lipinski definition) is 1. The molecule has 0 amide bonds. The molecule has 0 aliphatic heterocycles. The van der Waals surface area contributed by atoms with Gasteiger partial charge >= 0.3 is 0 Å². The van der Waals surface area contributed by atoms with Crippen molar-refractivity contribution in [3.8, 4) is 17.8 Å². The van der Waals surface area contributed by atoms with Crippen LogP contribution in [0.15, 0.2) is 6.20 Å². The minimum absolute atomic E-state index is 0.124. The zero-order chi connectivity index (χ0) is 8.97. The second-order valence-corrected chi connectivity index (χ2v) is 1.93. The van der Waals surface area contributed by atoms with Crippen LogP contribution in [0.2, 0.25) is 0 Å². The number of aromatic hydroxyl groups is 1. The smallest absolute Gasteiger partial charge is 0.248 e.